The number of halogens is 4. The molecule has 0 unspecified atom stereocenters. The zero-order valence-corrected chi connectivity index (χ0v) is 18.6. The maximum atomic E-state index is 8.25. The Kier molecular flexibility index (Phi) is 11.1. The summed E-state index contributed by atoms with van der Waals surface area (Å²) in [5, 5.41) is 16.5. The van der Waals surface area contributed by atoms with E-state index in [2.05, 4.69) is 9.95 Å². The Bertz CT molecular complexity index is 609. The van der Waals surface area contributed by atoms with Gasteiger partial charge in [0, 0.05) is 24.3 Å². The molecule has 9 heteroatoms. The molecule has 23 heavy (non-hydrogen) atoms. The predicted molar refractivity (Wildman–Crippen MR) is 95.3 cm³/mol. The maximum absolute atomic E-state index is 8.25. The normalized spacial score (nSPS) is 9.22. The molecule has 4 nitrogen and oxygen atoms in total. The Morgan fingerprint density at radius 2 is 0.870 bits per heavy atom. The van der Waals surface area contributed by atoms with Crippen LogP contribution in [0.2, 0.25) is 0 Å². The summed E-state index contributed by atoms with van der Waals surface area (Å²) in [6.45, 7) is 3.97. The molecule has 0 N–H and O–H groups in total. The summed E-state index contributed by atoms with van der Waals surface area (Å²) in [4.78, 5) is 6.02. The van der Waals surface area contributed by atoms with Crippen molar-refractivity contribution in [1.29, 1.82) is 10.8 Å². The van der Waals surface area contributed by atoms with Gasteiger partial charge in [-0.05, 0) is 13.8 Å². The number of benzene rings is 2. The fourth-order valence-corrected chi connectivity index (χ4v) is 1.22. The van der Waals surface area contributed by atoms with Crippen molar-refractivity contribution in [1.82, 2.24) is 0 Å². The fourth-order valence-electron chi connectivity index (χ4n) is 1.22. The molecule has 0 spiro atoms. The van der Waals surface area contributed by atoms with Crippen LogP contribution in [0.25, 0.3) is 9.95 Å². The average molecular weight is 445 g/mol. The summed E-state index contributed by atoms with van der Waals surface area (Å²) < 4.78 is 0. The minimum atomic E-state index is -3.36. The first-order valence-electron chi connectivity index (χ1n) is 6.56. The van der Waals surface area contributed by atoms with Gasteiger partial charge in [-0.15, -0.1) is 0 Å². The molecular weight excluding hydrogens is 431 g/mol. The zero-order valence-electron chi connectivity index (χ0n) is 12.6. The third kappa shape index (κ3) is 14.4. The average Bonchev–Trinajstić information content (AvgIpc) is 2.48. The van der Waals surface area contributed by atoms with E-state index in [1.165, 1.54) is 11.1 Å². The van der Waals surface area contributed by atoms with Crippen molar-refractivity contribution in [2.45, 2.75) is 13.8 Å². The predicted octanol–water partition coefficient (Wildman–Crippen LogP) is 7.71. The Morgan fingerprint density at radius 1 is 0.652 bits per heavy atom. The van der Waals surface area contributed by atoms with Crippen molar-refractivity contribution in [3.8, 4) is 0 Å². The van der Waals surface area contributed by atoms with Crippen LogP contribution >= 0.6 is 38.8 Å². The Balaban J connectivity index is 0.000000332. The first kappa shape index (κ1) is 22.1. The monoisotopic (exact) mass is 442 g/mol. The van der Waals surface area contributed by atoms with Gasteiger partial charge >= 0.3 is 61.0 Å². The molecule has 0 aliphatic rings. The molecule has 0 bridgehead atoms. The molecule has 0 amide bonds. The van der Waals surface area contributed by atoms with E-state index in [0.29, 0.717) is 11.4 Å². The van der Waals surface area contributed by atoms with Crippen LogP contribution in [0.15, 0.2) is 48.5 Å². The summed E-state index contributed by atoms with van der Waals surface area (Å²) in [6, 6.07) is 14.6. The molecule has 0 aliphatic heterocycles. The third-order valence-electron chi connectivity index (χ3n) is 2.30. The van der Waals surface area contributed by atoms with Gasteiger partial charge in [0.1, 0.15) is 0 Å². The number of hydrogen-bond donors (Lipinski definition) is 0. The van der Waals surface area contributed by atoms with Gasteiger partial charge < -0.3 is 0 Å². The summed E-state index contributed by atoms with van der Waals surface area (Å²) in [6.07, 6.45) is 0. The standard InChI is InChI=1S/2C7H7N2.4ClH.Zn/c2*1-6-2-4-7(9-8)5-3-6;;;;;/h2*2-5H,1H3;4*1H;/q2*+1;;;;;+2/p-4. The SMILES string of the molecule is Cc1ccc([N+]#N)cc1.Cc1ccc([N+]#N)cc1.[Cl][Zn-2]([Cl])([Cl])[Cl]. The topological polar surface area (TPSA) is 56.3 Å². The number of aryl methyl sites for hydroxylation is 2. The van der Waals surface area contributed by atoms with Gasteiger partial charge in [-0.1, -0.05) is 35.4 Å². The molecule has 0 radical (unpaired) electrons. The van der Waals surface area contributed by atoms with Crippen LogP contribution in [0.1, 0.15) is 11.1 Å². The van der Waals surface area contributed by atoms with Gasteiger partial charge in [-0.25, -0.2) is 0 Å². The van der Waals surface area contributed by atoms with Crippen molar-refractivity contribution in [2.24, 2.45) is 0 Å². The Morgan fingerprint density at radius 3 is 1.04 bits per heavy atom. The van der Waals surface area contributed by atoms with E-state index in [1.807, 2.05) is 38.1 Å². The summed E-state index contributed by atoms with van der Waals surface area (Å²) in [5.74, 6) is 0. The van der Waals surface area contributed by atoms with Gasteiger partial charge in [-0.2, -0.15) is 0 Å². The van der Waals surface area contributed by atoms with Crippen molar-refractivity contribution in [2.75, 3.05) is 0 Å². The van der Waals surface area contributed by atoms with Crippen LogP contribution in [0.4, 0.5) is 11.4 Å². The minimum absolute atomic E-state index is 0.598. The molecule has 0 fully saturated rings. The zero-order chi connectivity index (χ0) is 17.9. The van der Waals surface area contributed by atoms with Gasteiger partial charge in [0.05, 0.1) is 0 Å². The van der Waals surface area contributed by atoms with Crippen molar-refractivity contribution in [3.63, 3.8) is 0 Å². The number of nitrogens with zero attached hydrogens (tertiary/aromatic N) is 4. The fraction of sp³-hybridized carbons (Fsp3) is 0.143. The van der Waals surface area contributed by atoms with Gasteiger partial charge in [-0.3, -0.25) is 0 Å². The molecule has 2 aromatic carbocycles. The summed E-state index contributed by atoms with van der Waals surface area (Å²) in [7, 11) is 16.8. The van der Waals surface area contributed by atoms with Crippen LogP contribution in [-0.4, -0.2) is 0 Å². The van der Waals surface area contributed by atoms with Crippen LogP contribution in [0.3, 0.4) is 0 Å². The van der Waals surface area contributed by atoms with E-state index in [1.54, 1.807) is 24.3 Å². The van der Waals surface area contributed by atoms with Crippen molar-refractivity contribution in [3.05, 3.63) is 69.6 Å². The molecule has 2 rings (SSSR count). The summed E-state index contributed by atoms with van der Waals surface area (Å²) >= 11 is 0. The molecule has 0 aromatic heterocycles. The van der Waals surface area contributed by atoms with Crippen LogP contribution in [0.5, 0.6) is 0 Å². The molecule has 0 saturated carbocycles. The molecule has 120 valence electrons. The second-order valence-electron chi connectivity index (χ2n) is 4.48. The van der Waals surface area contributed by atoms with Crippen LogP contribution in [-0.2, 0) is 10.8 Å². The van der Waals surface area contributed by atoms with E-state index in [9.17, 15) is 0 Å². The van der Waals surface area contributed by atoms with E-state index in [0.717, 1.165) is 0 Å². The van der Waals surface area contributed by atoms with Gasteiger partial charge in [0.15, 0.2) is 9.95 Å². The van der Waals surface area contributed by atoms with Crippen LogP contribution < -0.4 is 0 Å². The van der Waals surface area contributed by atoms with E-state index in [4.69, 9.17) is 49.5 Å². The van der Waals surface area contributed by atoms with E-state index in [-0.39, 0.29) is 0 Å². The third-order valence-corrected chi connectivity index (χ3v) is 2.30. The molecular formula is C14H14Cl4N4Zn. The van der Waals surface area contributed by atoms with Crippen LogP contribution in [0, 0.1) is 24.6 Å². The molecule has 2 aromatic rings. The number of diazo groups is 2. The van der Waals surface area contributed by atoms with E-state index < -0.39 is 10.8 Å². The molecule has 0 heterocycles. The first-order valence-corrected chi connectivity index (χ1v) is 22.2. The second kappa shape index (κ2) is 11.6. The molecule has 0 aliphatic carbocycles. The summed E-state index contributed by atoms with van der Waals surface area (Å²) in [5.41, 5.74) is 3.53. The Hall–Kier alpha value is -0.937. The second-order valence-corrected chi connectivity index (χ2v) is 32.2. The first-order chi connectivity index (χ1) is 10.7. The number of hydrogen-bond acceptors (Lipinski definition) is 2. The van der Waals surface area contributed by atoms with Gasteiger partial charge in [0.25, 0.3) is 0 Å². The molecule has 0 saturated heterocycles. The Labute approximate surface area is 154 Å². The van der Waals surface area contributed by atoms with E-state index >= 15 is 0 Å². The van der Waals surface area contributed by atoms with Gasteiger partial charge in [0.2, 0.25) is 10.8 Å². The quantitative estimate of drug-likeness (QED) is 0.308. The van der Waals surface area contributed by atoms with Crippen molar-refractivity contribution >= 4 is 50.1 Å². The number of rotatable bonds is 0. The van der Waals surface area contributed by atoms with Crippen molar-refractivity contribution < 1.29 is 10.8 Å². The molecule has 0 atom stereocenters.